The minimum atomic E-state index is -0.480. The molecule has 0 aliphatic heterocycles. The minimum Gasteiger partial charge on any atom is -0.444 e. The van der Waals surface area contributed by atoms with Crippen LogP contribution in [0, 0.1) is 6.92 Å². The Morgan fingerprint density at radius 3 is 2.53 bits per heavy atom. The molecule has 0 bridgehead atoms. The van der Waals surface area contributed by atoms with Gasteiger partial charge in [-0.15, -0.1) is 0 Å². The number of carbonyl (C=O) groups is 1. The molecule has 0 fully saturated rings. The van der Waals surface area contributed by atoms with Gasteiger partial charge in [-0.2, -0.15) is 0 Å². The van der Waals surface area contributed by atoms with Crippen LogP contribution in [0.2, 0.25) is 0 Å². The number of hydrogen-bond donors (Lipinski definition) is 1. The second-order valence-electron chi connectivity index (χ2n) is 4.97. The van der Waals surface area contributed by atoms with Crippen molar-refractivity contribution in [1.82, 2.24) is 0 Å². The Balaban J connectivity index is 2.74. The van der Waals surface area contributed by atoms with Gasteiger partial charge in [0.1, 0.15) is 5.60 Å². The van der Waals surface area contributed by atoms with Crippen LogP contribution in [0.15, 0.2) is 18.2 Å². The topological polar surface area (TPSA) is 38.3 Å². The van der Waals surface area contributed by atoms with Gasteiger partial charge in [-0.1, -0.05) is 22.0 Å². The molecule has 17 heavy (non-hydrogen) atoms. The summed E-state index contributed by atoms with van der Waals surface area (Å²) in [5.74, 6) is 0. The zero-order valence-electron chi connectivity index (χ0n) is 10.6. The Morgan fingerprint density at radius 1 is 1.35 bits per heavy atom. The van der Waals surface area contributed by atoms with Crippen LogP contribution in [-0.2, 0) is 10.1 Å². The van der Waals surface area contributed by atoms with E-state index < -0.39 is 11.7 Å². The van der Waals surface area contributed by atoms with Gasteiger partial charge in [0.2, 0.25) is 0 Å². The smallest absolute Gasteiger partial charge is 0.412 e. The number of amides is 1. The van der Waals surface area contributed by atoms with Crippen LogP contribution in [0.1, 0.15) is 31.9 Å². The Morgan fingerprint density at radius 2 is 2.00 bits per heavy atom. The predicted octanol–water partition coefficient (Wildman–Crippen LogP) is 4.24. The largest absolute Gasteiger partial charge is 0.444 e. The van der Waals surface area contributed by atoms with E-state index in [1.54, 1.807) is 0 Å². The van der Waals surface area contributed by atoms with Gasteiger partial charge in [-0.25, -0.2) is 4.79 Å². The third-order valence-electron chi connectivity index (χ3n) is 1.94. The first kappa shape index (κ1) is 14.0. The molecule has 1 N–H and O–H groups in total. The lowest BCUT2D eigenvalue weighted by Crippen LogP contribution is -2.27. The van der Waals surface area contributed by atoms with Gasteiger partial charge in [0.25, 0.3) is 0 Å². The maximum absolute atomic E-state index is 11.6. The Kier molecular flexibility index (Phi) is 4.57. The van der Waals surface area contributed by atoms with Crippen molar-refractivity contribution in [3.8, 4) is 0 Å². The molecule has 0 aliphatic rings. The number of aryl methyl sites for hydroxylation is 1. The lowest BCUT2D eigenvalue weighted by Gasteiger charge is -2.20. The summed E-state index contributed by atoms with van der Waals surface area (Å²) >= 11 is 3.40. The summed E-state index contributed by atoms with van der Waals surface area (Å²) in [6.45, 7) is 7.51. The van der Waals surface area contributed by atoms with E-state index >= 15 is 0 Å². The number of benzene rings is 1. The number of nitrogens with one attached hydrogen (secondary N) is 1. The number of anilines is 1. The number of rotatable bonds is 2. The molecule has 4 heteroatoms. The van der Waals surface area contributed by atoms with E-state index in [-0.39, 0.29) is 0 Å². The zero-order chi connectivity index (χ0) is 13.1. The van der Waals surface area contributed by atoms with Crippen LogP contribution in [-0.4, -0.2) is 11.7 Å². The lowest BCUT2D eigenvalue weighted by atomic mass is 10.1. The maximum atomic E-state index is 11.6. The molecule has 0 unspecified atom stereocenters. The summed E-state index contributed by atoms with van der Waals surface area (Å²) in [5.41, 5.74) is 2.50. The molecule has 0 atom stereocenters. The second kappa shape index (κ2) is 5.54. The third-order valence-corrected chi connectivity index (χ3v) is 2.58. The summed E-state index contributed by atoms with van der Waals surface area (Å²) in [4.78, 5) is 11.6. The van der Waals surface area contributed by atoms with Crippen molar-refractivity contribution >= 4 is 27.7 Å². The molecule has 0 saturated heterocycles. The minimum absolute atomic E-state index is 0.427. The van der Waals surface area contributed by atoms with E-state index in [1.807, 2.05) is 39.8 Å². The van der Waals surface area contributed by atoms with E-state index in [4.69, 9.17) is 4.74 Å². The lowest BCUT2D eigenvalue weighted by molar-refractivity contribution is 0.0636. The van der Waals surface area contributed by atoms with Crippen molar-refractivity contribution in [1.29, 1.82) is 0 Å². The van der Waals surface area contributed by atoms with E-state index in [1.165, 1.54) is 0 Å². The molecule has 0 saturated carbocycles. The molecule has 1 aromatic rings. The van der Waals surface area contributed by atoms with Crippen LogP contribution in [0.4, 0.5) is 10.5 Å². The number of carbonyl (C=O) groups excluding carboxylic acids is 1. The number of halogens is 1. The Bertz CT molecular complexity index is 410. The number of hydrogen-bond acceptors (Lipinski definition) is 2. The SMILES string of the molecule is Cc1cc(CBr)cc(NC(=O)OC(C)(C)C)c1. The van der Waals surface area contributed by atoms with Crippen LogP contribution in [0.25, 0.3) is 0 Å². The summed E-state index contributed by atoms with van der Waals surface area (Å²) in [5, 5.41) is 3.49. The second-order valence-corrected chi connectivity index (χ2v) is 5.53. The molecule has 1 amide bonds. The van der Waals surface area contributed by atoms with Crippen molar-refractivity contribution in [2.75, 3.05) is 5.32 Å². The average molecular weight is 300 g/mol. The number of ether oxygens (including phenoxy) is 1. The Hall–Kier alpha value is -1.03. The van der Waals surface area contributed by atoms with Crippen LogP contribution < -0.4 is 5.32 Å². The monoisotopic (exact) mass is 299 g/mol. The molecule has 0 aliphatic carbocycles. The first-order chi connectivity index (χ1) is 7.80. The predicted molar refractivity (Wildman–Crippen MR) is 73.7 cm³/mol. The average Bonchev–Trinajstić information content (AvgIpc) is 2.13. The third kappa shape index (κ3) is 5.22. The highest BCUT2D eigenvalue weighted by Gasteiger charge is 2.16. The quantitative estimate of drug-likeness (QED) is 0.830. The van der Waals surface area contributed by atoms with Gasteiger partial charge in [0.15, 0.2) is 0 Å². The normalized spacial score (nSPS) is 11.1. The fourth-order valence-corrected chi connectivity index (χ4v) is 1.76. The van der Waals surface area contributed by atoms with Crippen molar-refractivity contribution in [2.45, 2.75) is 38.6 Å². The van der Waals surface area contributed by atoms with Gasteiger partial charge in [-0.3, -0.25) is 5.32 Å². The molecule has 94 valence electrons. The highest BCUT2D eigenvalue weighted by Crippen LogP contribution is 2.18. The van der Waals surface area contributed by atoms with E-state index in [0.717, 1.165) is 22.1 Å². The van der Waals surface area contributed by atoms with Gasteiger partial charge in [0.05, 0.1) is 0 Å². The van der Waals surface area contributed by atoms with E-state index in [2.05, 4.69) is 27.3 Å². The number of alkyl halides is 1. The van der Waals surface area contributed by atoms with Crippen molar-refractivity contribution in [2.24, 2.45) is 0 Å². The van der Waals surface area contributed by atoms with Gasteiger partial charge in [-0.05, 0) is 51.0 Å². The summed E-state index contributed by atoms with van der Waals surface area (Å²) < 4.78 is 5.19. The van der Waals surface area contributed by atoms with Gasteiger partial charge < -0.3 is 4.74 Å². The van der Waals surface area contributed by atoms with E-state index in [0.29, 0.717) is 0 Å². The molecule has 1 aromatic carbocycles. The Labute approximate surface area is 111 Å². The summed E-state index contributed by atoms with van der Waals surface area (Å²) in [6, 6.07) is 5.90. The van der Waals surface area contributed by atoms with Crippen molar-refractivity contribution in [3.05, 3.63) is 29.3 Å². The molecule has 3 nitrogen and oxygen atoms in total. The summed E-state index contributed by atoms with van der Waals surface area (Å²) in [6.07, 6.45) is -0.427. The molecule has 0 spiro atoms. The standard InChI is InChI=1S/C13H18BrNO2/c1-9-5-10(8-14)7-11(6-9)15-12(16)17-13(2,3)4/h5-7H,8H2,1-4H3,(H,15,16). The van der Waals surface area contributed by atoms with Gasteiger partial charge >= 0.3 is 6.09 Å². The van der Waals surface area contributed by atoms with Crippen molar-refractivity contribution in [3.63, 3.8) is 0 Å². The molecule has 0 radical (unpaired) electrons. The molecule has 0 aromatic heterocycles. The van der Waals surface area contributed by atoms with Crippen LogP contribution in [0.5, 0.6) is 0 Å². The first-order valence-electron chi connectivity index (χ1n) is 5.47. The zero-order valence-corrected chi connectivity index (χ0v) is 12.2. The first-order valence-corrected chi connectivity index (χ1v) is 6.59. The molecule has 0 heterocycles. The fraction of sp³-hybridized carbons (Fsp3) is 0.462. The highest BCUT2D eigenvalue weighted by molar-refractivity contribution is 9.08. The molecular formula is C13H18BrNO2. The fourth-order valence-electron chi connectivity index (χ4n) is 1.43. The van der Waals surface area contributed by atoms with Crippen LogP contribution in [0.3, 0.4) is 0 Å². The molecule has 1 rings (SSSR count). The molecular weight excluding hydrogens is 282 g/mol. The maximum Gasteiger partial charge on any atom is 0.412 e. The highest BCUT2D eigenvalue weighted by atomic mass is 79.9. The van der Waals surface area contributed by atoms with Crippen molar-refractivity contribution < 1.29 is 9.53 Å². The van der Waals surface area contributed by atoms with Gasteiger partial charge in [0, 0.05) is 11.0 Å². The summed E-state index contributed by atoms with van der Waals surface area (Å²) in [7, 11) is 0. The van der Waals surface area contributed by atoms with Crippen LogP contribution >= 0.6 is 15.9 Å². The van der Waals surface area contributed by atoms with E-state index in [9.17, 15) is 4.79 Å².